The van der Waals surface area contributed by atoms with Gasteiger partial charge in [0.1, 0.15) is 11.6 Å². The lowest BCUT2D eigenvalue weighted by Gasteiger charge is -2.10. The molecule has 0 aromatic heterocycles. The van der Waals surface area contributed by atoms with Gasteiger partial charge in [-0.05, 0) is 42.2 Å². The zero-order valence-corrected chi connectivity index (χ0v) is 14.9. The summed E-state index contributed by atoms with van der Waals surface area (Å²) in [5, 5.41) is 3.91. The molecule has 0 saturated heterocycles. The zero-order chi connectivity index (χ0) is 18.2. The van der Waals surface area contributed by atoms with Crippen LogP contribution >= 0.6 is 11.6 Å². The van der Waals surface area contributed by atoms with E-state index in [0.29, 0.717) is 11.7 Å². The van der Waals surface area contributed by atoms with E-state index < -0.39 is 11.7 Å². The first-order chi connectivity index (χ1) is 12.0. The monoisotopic (exact) mass is 362 g/mol. The van der Waals surface area contributed by atoms with Crippen LogP contribution in [0.4, 0.5) is 4.39 Å². The lowest BCUT2D eigenvalue weighted by molar-refractivity contribution is -0.123. The average Bonchev–Trinajstić information content (AvgIpc) is 2.62. The third-order valence-corrected chi connectivity index (χ3v) is 4.14. The van der Waals surface area contributed by atoms with Crippen LogP contribution in [0.2, 0.25) is 5.02 Å². The maximum Gasteiger partial charge on any atom is 0.277 e. The number of hydrazone groups is 1. The van der Waals surface area contributed by atoms with Crippen molar-refractivity contribution in [3.8, 4) is 5.75 Å². The molecule has 2 aromatic rings. The van der Waals surface area contributed by atoms with Crippen LogP contribution in [-0.2, 0) is 4.79 Å². The highest BCUT2D eigenvalue weighted by Gasteiger charge is 2.06. The Kier molecular flexibility index (Phi) is 6.95. The number of hydrogen-bond acceptors (Lipinski definition) is 3. The van der Waals surface area contributed by atoms with Crippen LogP contribution in [-0.4, -0.2) is 18.7 Å². The maximum atomic E-state index is 13.5. The SMILES string of the molecule is CCC(C)c1ccc(OCC(=O)N/N=C\c2c(F)cccc2Cl)cc1. The molecule has 6 heteroatoms. The van der Waals surface area contributed by atoms with Gasteiger partial charge in [-0.3, -0.25) is 4.79 Å². The number of ether oxygens (including phenoxy) is 1. The molecule has 25 heavy (non-hydrogen) atoms. The first kappa shape index (κ1) is 18.9. The number of hydrogen-bond donors (Lipinski definition) is 1. The molecule has 1 N–H and O–H groups in total. The number of nitrogens with one attached hydrogen (secondary N) is 1. The summed E-state index contributed by atoms with van der Waals surface area (Å²) in [6.45, 7) is 4.10. The molecule has 0 radical (unpaired) electrons. The Morgan fingerprint density at radius 3 is 2.68 bits per heavy atom. The summed E-state index contributed by atoms with van der Waals surface area (Å²) in [6, 6.07) is 11.9. The van der Waals surface area contributed by atoms with Gasteiger partial charge in [-0.15, -0.1) is 0 Å². The van der Waals surface area contributed by atoms with Crippen molar-refractivity contribution in [2.75, 3.05) is 6.61 Å². The molecular formula is C19H20ClFN2O2. The summed E-state index contributed by atoms with van der Waals surface area (Å²) < 4.78 is 18.9. The van der Waals surface area contributed by atoms with Crippen LogP contribution in [0.15, 0.2) is 47.6 Å². The van der Waals surface area contributed by atoms with Gasteiger partial charge in [0.05, 0.1) is 11.2 Å². The second kappa shape index (κ2) is 9.18. The average molecular weight is 363 g/mol. The van der Waals surface area contributed by atoms with Crippen LogP contribution in [0.5, 0.6) is 5.75 Å². The smallest absolute Gasteiger partial charge is 0.277 e. The lowest BCUT2D eigenvalue weighted by atomic mass is 9.99. The molecule has 2 rings (SSSR count). The second-order valence-electron chi connectivity index (χ2n) is 5.60. The minimum atomic E-state index is -0.511. The van der Waals surface area contributed by atoms with Gasteiger partial charge in [-0.2, -0.15) is 5.10 Å². The van der Waals surface area contributed by atoms with E-state index in [-0.39, 0.29) is 17.2 Å². The van der Waals surface area contributed by atoms with Crippen LogP contribution in [0.3, 0.4) is 0 Å². The molecule has 1 amide bonds. The second-order valence-corrected chi connectivity index (χ2v) is 6.00. The summed E-state index contributed by atoms with van der Waals surface area (Å²) >= 11 is 5.86. The number of nitrogens with zero attached hydrogens (tertiary/aromatic N) is 1. The lowest BCUT2D eigenvalue weighted by Crippen LogP contribution is -2.24. The predicted octanol–water partition coefficient (Wildman–Crippen LogP) is 4.52. The predicted molar refractivity (Wildman–Crippen MR) is 97.8 cm³/mol. The zero-order valence-electron chi connectivity index (χ0n) is 14.1. The van der Waals surface area contributed by atoms with Crippen LogP contribution in [0, 0.1) is 5.82 Å². The van der Waals surface area contributed by atoms with Crippen molar-refractivity contribution in [2.24, 2.45) is 5.10 Å². The third kappa shape index (κ3) is 5.57. The third-order valence-electron chi connectivity index (χ3n) is 3.81. The molecule has 1 atom stereocenters. The Bertz CT molecular complexity index is 727. The molecule has 0 aliphatic heterocycles. The topological polar surface area (TPSA) is 50.7 Å². The van der Waals surface area contributed by atoms with Gasteiger partial charge in [0.25, 0.3) is 5.91 Å². The molecular weight excluding hydrogens is 343 g/mol. The van der Waals surface area contributed by atoms with E-state index >= 15 is 0 Å². The molecule has 0 aliphatic carbocycles. The van der Waals surface area contributed by atoms with Gasteiger partial charge in [-0.1, -0.05) is 43.6 Å². The highest BCUT2D eigenvalue weighted by atomic mass is 35.5. The van der Waals surface area contributed by atoms with E-state index in [9.17, 15) is 9.18 Å². The van der Waals surface area contributed by atoms with E-state index in [1.54, 1.807) is 6.07 Å². The minimum Gasteiger partial charge on any atom is -0.484 e. The van der Waals surface area contributed by atoms with E-state index in [1.165, 1.54) is 17.7 Å². The molecule has 132 valence electrons. The van der Waals surface area contributed by atoms with E-state index in [2.05, 4.69) is 24.4 Å². The van der Waals surface area contributed by atoms with Gasteiger partial charge in [0.2, 0.25) is 0 Å². The minimum absolute atomic E-state index is 0.117. The van der Waals surface area contributed by atoms with Crippen molar-refractivity contribution >= 4 is 23.7 Å². The normalized spacial score (nSPS) is 12.2. The van der Waals surface area contributed by atoms with Crippen LogP contribution in [0.1, 0.15) is 37.3 Å². The highest BCUT2D eigenvalue weighted by molar-refractivity contribution is 6.33. The van der Waals surface area contributed by atoms with Crippen molar-refractivity contribution in [1.82, 2.24) is 5.43 Å². The number of rotatable bonds is 7. The van der Waals surface area contributed by atoms with Gasteiger partial charge < -0.3 is 4.74 Å². The van der Waals surface area contributed by atoms with E-state index in [1.807, 2.05) is 24.3 Å². The highest BCUT2D eigenvalue weighted by Crippen LogP contribution is 2.21. The van der Waals surface area contributed by atoms with Gasteiger partial charge >= 0.3 is 0 Å². The van der Waals surface area contributed by atoms with Crippen LogP contribution in [0.25, 0.3) is 0 Å². The Morgan fingerprint density at radius 1 is 1.32 bits per heavy atom. The number of carbonyl (C=O) groups is 1. The van der Waals surface area contributed by atoms with Gasteiger partial charge in [0.15, 0.2) is 6.61 Å². The summed E-state index contributed by atoms with van der Waals surface area (Å²) in [6.07, 6.45) is 2.23. The van der Waals surface area contributed by atoms with Crippen molar-refractivity contribution in [2.45, 2.75) is 26.2 Å². The number of halogens is 2. The van der Waals surface area contributed by atoms with Crippen LogP contribution < -0.4 is 10.2 Å². The molecule has 0 aliphatic rings. The van der Waals surface area contributed by atoms with Crippen molar-refractivity contribution in [3.63, 3.8) is 0 Å². The molecule has 1 unspecified atom stereocenters. The molecule has 4 nitrogen and oxygen atoms in total. The standard InChI is InChI=1S/C19H20ClFN2O2/c1-3-13(2)14-7-9-15(10-8-14)25-12-19(24)23-22-11-16-17(20)5-4-6-18(16)21/h4-11,13H,3,12H2,1-2H3,(H,23,24)/b22-11-. The summed E-state index contributed by atoms with van der Waals surface area (Å²) in [4.78, 5) is 11.7. The van der Waals surface area contributed by atoms with E-state index in [0.717, 1.165) is 12.6 Å². The van der Waals surface area contributed by atoms with Crippen molar-refractivity contribution < 1.29 is 13.9 Å². The number of amides is 1. The molecule has 0 heterocycles. The molecule has 2 aromatic carbocycles. The fourth-order valence-electron chi connectivity index (χ4n) is 2.11. The first-order valence-corrected chi connectivity index (χ1v) is 8.37. The Hall–Kier alpha value is -2.40. The number of benzene rings is 2. The molecule has 0 fully saturated rings. The summed E-state index contributed by atoms with van der Waals surface area (Å²) in [5.74, 6) is 0.123. The van der Waals surface area contributed by atoms with Crippen molar-refractivity contribution in [3.05, 3.63) is 64.4 Å². The fourth-order valence-corrected chi connectivity index (χ4v) is 2.32. The van der Waals surface area contributed by atoms with Gasteiger partial charge in [0, 0.05) is 5.56 Å². The van der Waals surface area contributed by atoms with E-state index in [4.69, 9.17) is 16.3 Å². The molecule has 0 spiro atoms. The van der Waals surface area contributed by atoms with Crippen molar-refractivity contribution in [1.29, 1.82) is 0 Å². The largest absolute Gasteiger partial charge is 0.484 e. The fraction of sp³-hybridized carbons (Fsp3) is 0.263. The molecule has 0 bridgehead atoms. The van der Waals surface area contributed by atoms with Gasteiger partial charge in [-0.25, -0.2) is 9.82 Å². The molecule has 0 saturated carbocycles. The Morgan fingerprint density at radius 2 is 2.04 bits per heavy atom. The Balaban J connectivity index is 1.83. The quantitative estimate of drug-likeness (QED) is 0.581. The number of carbonyl (C=O) groups excluding carboxylic acids is 1. The maximum absolute atomic E-state index is 13.5. The first-order valence-electron chi connectivity index (χ1n) is 8.00. The Labute approximate surface area is 151 Å². The summed E-state index contributed by atoms with van der Waals surface area (Å²) in [5.41, 5.74) is 3.62. The summed E-state index contributed by atoms with van der Waals surface area (Å²) in [7, 11) is 0.